The molecule has 0 aromatic rings. The van der Waals surface area contributed by atoms with E-state index in [4.69, 9.17) is 16.3 Å². The predicted molar refractivity (Wildman–Crippen MR) is 55.4 cm³/mol. The Balaban J connectivity index is 2.23. The van der Waals surface area contributed by atoms with Crippen molar-refractivity contribution in [3.05, 3.63) is 30.0 Å². The highest BCUT2D eigenvalue weighted by atomic mass is 35.5. The van der Waals surface area contributed by atoms with Gasteiger partial charge in [-0.05, 0) is 18.6 Å². The third-order valence-electron chi connectivity index (χ3n) is 1.83. The monoisotopic (exact) mass is 200 g/mol. The van der Waals surface area contributed by atoms with E-state index in [1.54, 1.807) is 0 Å². The maximum atomic E-state index is 5.54. The van der Waals surface area contributed by atoms with Crippen LogP contribution in [-0.4, -0.2) is 19.5 Å². The van der Waals surface area contributed by atoms with Gasteiger partial charge in [-0.25, -0.2) is 0 Å². The Morgan fingerprint density at radius 3 is 3.15 bits per heavy atom. The fraction of sp³-hybridized carbons (Fsp3) is 0.500. The zero-order valence-electron chi connectivity index (χ0n) is 7.85. The van der Waals surface area contributed by atoms with Crippen LogP contribution in [0.4, 0.5) is 0 Å². The fourth-order valence-electron chi connectivity index (χ4n) is 1.11. The molecule has 13 heavy (non-hydrogen) atoms. The number of nitrogens with one attached hydrogen (secondary N) is 1. The van der Waals surface area contributed by atoms with Crippen LogP contribution < -0.4 is 5.32 Å². The Kier molecular flexibility index (Phi) is 4.94. The van der Waals surface area contributed by atoms with Gasteiger partial charge < -0.3 is 10.1 Å². The smallest absolute Gasteiger partial charge is 0.125 e. The molecule has 0 amide bonds. The summed E-state index contributed by atoms with van der Waals surface area (Å²) < 4.78 is 5.52. The lowest BCUT2D eigenvalue weighted by Gasteiger charge is -2.17. The topological polar surface area (TPSA) is 21.3 Å². The number of hydrogen-bond donors (Lipinski definition) is 1. The van der Waals surface area contributed by atoms with Crippen molar-refractivity contribution in [3.8, 4) is 0 Å². The van der Waals surface area contributed by atoms with Crippen molar-refractivity contribution in [2.24, 2.45) is 0 Å². The molecule has 0 aromatic heterocycles. The van der Waals surface area contributed by atoms with Crippen molar-refractivity contribution < 1.29 is 4.74 Å². The van der Waals surface area contributed by atoms with Crippen LogP contribution >= 0.6 is 11.6 Å². The van der Waals surface area contributed by atoms with Gasteiger partial charge in [-0.1, -0.05) is 6.08 Å². The molecule has 1 rings (SSSR count). The van der Waals surface area contributed by atoms with Gasteiger partial charge in [0.25, 0.3) is 0 Å². The van der Waals surface area contributed by atoms with Gasteiger partial charge in [0.1, 0.15) is 6.10 Å². The Hall–Kier alpha value is -0.470. The molecule has 0 unspecified atom stereocenters. The molecule has 0 bridgehead atoms. The summed E-state index contributed by atoms with van der Waals surface area (Å²) in [5.74, 6) is 0.658. The third kappa shape index (κ3) is 3.83. The SMILES string of the molecule is CNC1=CC=C[C](OCCCCl)C1. The number of hydrogen-bond acceptors (Lipinski definition) is 2. The minimum atomic E-state index is 0.658. The molecule has 1 N–H and O–H groups in total. The second-order valence-corrected chi connectivity index (χ2v) is 3.21. The molecule has 0 aliphatic heterocycles. The zero-order valence-corrected chi connectivity index (χ0v) is 8.60. The van der Waals surface area contributed by atoms with Crippen molar-refractivity contribution in [1.82, 2.24) is 5.32 Å². The maximum Gasteiger partial charge on any atom is 0.125 e. The molecule has 0 heterocycles. The molecule has 3 heteroatoms. The highest BCUT2D eigenvalue weighted by Gasteiger charge is 2.11. The van der Waals surface area contributed by atoms with Gasteiger partial charge in [-0.2, -0.15) is 0 Å². The van der Waals surface area contributed by atoms with E-state index in [2.05, 4.69) is 11.4 Å². The van der Waals surface area contributed by atoms with E-state index < -0.39 is 0 Å². The van der Waals surface area contributed by atoms with E-state index in [0.29, 0.717) is 12.5 Å². The summed E-state index contributed by atoms with van der Waals surface area (Å²) in [4.78, 5) is 0. The van der Waals surface area contributed by atoms with Crippen molar-refractivity contribution in [3.63, 3.8) is 0 Å². The van der Waals surface area contributed by atoms with Gasteiger partial charge in [-0.3, -0.25) is 0 Å². The lowest BCUT2D eigenvalue weighted by molar-refractivity contribution is 0.160. The number of ether oxygens (including phenoxy) is 1. The van der Waals surface area contributed by atoms with Crippen LogP contribution in [0.3, 0.4) is 0 Å². The van der Waals surface area contributed by atoms with Crippen LogP contribution in [0, 0.1) is 6.10 Å². The lowest BCUT2D eigenvalue weighted by atomic mass is 10.1. The van der Waals surface area contributed by atoms with Crippen LogP contribution in [-0.2, 0) is 4.74 Å². The molecule has 2 nitrogen and oxygen atoms in total. The summed E-state index contributed by atoms with van der Waals surface area (Å²) in [6.07, 6.45) is 8.80. The first-order valence-corrected chi connectivity index (χ1v) is 5.00. The standard InChI is InChI=1S/C10H15ClNO/c1-12-9-4-2-5-10(8-9)13-7-3-6-11/h2,4-5,12H,3,6-8H2,1H3. The van der Waals surface area contributed by atoms with Crippen LogP contribution in [0.2, 0.25) is 0 Å². The van der Waals surface area contributed by atoms with E-state index in [0.717, 1.165) is 18.9 Å². The van der Waals surface area contributed by atoms with E-state index in [1.807, 2.05) is 19.2 Å². The van der Waals surface area contributed by atoms with E-state index >= 15 is 0 Å². The van der Waals surface area contributed by atoms with Crippen molar-refractivity contribution >= 4 is 11.6 Å². The summed E-state index contributed by atoms with van der Waals surface area (Å²) in [5.41, 5.74) is 1.18. The highest BCUT2D eigenvalue weighted by molar-refractivity contribution is 6.17. The summed E-state index contributed by atoms with van der Waals surface area (Å²) in [7, 11) is 1.92. The number of rotatable bonds is 5. The fourth-order valence-corrected chi connectivity index (χ4v) is 1.21. The largest absolute Gasteiger partial charge is 0.391 e. The number of alkyl halides is 1. The Morgan fingerprint density at radius 2 is 2.46 bits per heavy atom. The summed E-state index contributed by atoms with van der Waals surface area (Å²) in [6, 6.07) is 0. The molecule has 1 aliphatic carbocycles. The molecule has 73 valence electrons. The zero-order chi connectivity index (χ0) is 9.52. The molecule has 1 radical (unpaired) electrons. The average Bonchev–Trinajstić information content (AvgIpc) is 2.19. The molecule has 0 saturated carbocycles. The minimum Gasteiger partial charge on any atom is -0.391 e. The maximum absolute atomic E-state index is 5.54. The van der Waals surface area contributed by atoms with Crippen molar-refractivity contribution in [2.75, 3.05) is 19.5 Å². The van der Waals surface area contributed by atoms with Gasteiger partial charge in [0, 0.05) is 31.7 Å². The molecule has 0 aromatic carbocycles. The van der Waals surface area contributed by atoms with Crippen LogP contribution in [0.15, 0.2) is 23.9 Å². The molecular formula is C10H15ClNO. The van der Waals surface area contributed by atoms with Crippen LogP contribution in [0.25, 0.3) is 0 Å². The Labute approximate surface area is 84.6 Å². The lowest BCUT2D eigenvalue weighted by Crippen LogP contribution is -2.13. The van der Waals surface area contributed by atoms with Crippen LogP contribution in [0.1, 0.15) is 12.8 Å². The average molecular weight is 201 g/mol. The van der Waals surface area contributed by atoms with Gasteiger partial charge in [0.15, 0.2) is 0 Å². The van der Waals surface area contributed by atoms with E-state index in [9.17, 15) is 0 Å². The second kappa shape index (κ2) is 6.06. The first kappa shape index (κ1) is 10.6. The summed E-state index contributed by atoms with van der Waals surface area (Å²) >= 11 is 5.54. The van der Waals surface area contributed by atoms with Crippen molar-refractivity contribution in [2.45, 2.75) is 12.8 Å². The van der Waals surface area contributed by atoms with Crippen LogP contribution in [0.5, 0.6) is 0 Å². The Morgan fingerprint density at radius 1 is 1.62 bits per heavy atom. The first-order valence-electron chi connectivity index (χ1n) is 4.46. The molecule has 0 atom stereocenters. The number of halogens is 1. The highest BCUT2D eigenvalue weighted by Crippen LogP contribution is 2.19. The number of allylic oxidation sites excluding steroid dienone is 2. The predicted octanol–water partition coefficient (Wildman–Crippen LogP) is 2.23. The quantitative estimate of drug-likeness (QED) is 0.543. The van der Waals surface area contributed by atoms with Gasteiger partial charge in [-0.15, -0.1) is 11.6 Å². The third-order valence-corrected chi connectivity index (χ3v) is 2.10. The normalized spacial score (nSPS) is 17.2. The van der Waals surface area contributed by atoms with Gasteiger partial charge in [0.2, 0.25) is 0 Å². The molecule has 0 spiro atoms. The van der Waals surface area contributed by atoms with E-state index in [-0.39, 0.29) is 0 Å². The Bertz CT molecular complexity index is 201. The first-order chi connectivity index (χ1) is 6.36. The molecule has 0 saturated heterocycles. The molecule has 0 fully saturated rings. The minimum absolute atomic E-state index is 0.658. The van der Waals surface area contributed by atoms with Gasteiger partial charge >= 0.3 is 0 Å². The van der Waals surface area contributed by atoms with Gasteiger partial charge in [0.05, 0.1) is 0 Å². The summed E-state index contributed by atoms with van der Waals surface area (Å²) in [6.45, 7) is 0.708. The van der Waals surface area contributed by atoms with Crippen molar-refractivity contribution in [1.29, 1.82) is 0 Å². The molecular weight excluding hydrogens is 186 g/mol. The summed E-state index contributed by atoms with van der Waals surface area (Å²) in [5, 5.41) is 3.11. The van der Waals surface area contributed by atoms with E-state index in [1.165, 1.54) is 5.70 Å². The second-order valence-electron chi connectivity index (χ2n) is 2.84. The molecule has 1 aliphatic rings.